The van der Waals surface area contributed by atoms with Gasteiger partial charge in [-0.3, -0.25) is 14.3 Å². The predicted molar refractivity (Wildman–Crippen MR) is 107 cm³/mol. The standard InChI is InChI=1S/C18H29N5O4.ClH/c1-13-9-22(10-14(2)27-13)16(24)12-23-11-15(8-20-23)21-17(25)18(26-3)4-6-19-7-5-18;/h8,11,13-14,19H,4-7,9-10,12H2,1-3H3,(H,21,25);1H. The van der Waals surface area contributed by atoms with Crippen LogP contribution in [-0.2, 0) is 25.6 Å². The van der Waals surface area contributed by atoms with Crippen LogP contribution >= 0.6 is 12.4 Å². The quantitative estimate of drug-likeness (QED) is 0.732. The molecule has 28 heavy (non-hydrogen) atoms. The summed E-state index contributed by atoms with van der Waals surface area (Å²) in [5.74, 6) is -0.183. The third-order valence-corrected chi connectivity index (χ3v) is 5.18. The van der Waals surface area contributed by atoms with E-state index in [4.69, 9.17) is 9.47 Å². The van der Waals surface area contributed by atoms with Gasteiger partial charge in [-0.2, -0.15) is 5.10 Å². The van der Waals surface area contributed by atoms with Crippen LogP contribution < -0.4 is 10.6 Å². The van der Waals surface area contributed by atoms with Gasteiger partial charge in [-0.05, 0) is 39.8 Å². The number of morpholine rings is 1. The smallest absolute Gasteiger partial charge is 0.256 e. The van der Waals surface area contributed by atoms with E-state index in [2.05, 4.69) is 15.7 Å². The number of hydrogen-bond donors (Lipinski definition) is 2. The Morgan fingerprint density at radius 3 is 2.57 bits per heavy atom. The van der Waals surface area contributed by atoms with Gasteiger partial charge in [0.15, 0.2) is 0 Å². The zero-order valence-electron chi connectivity index (χ0n) is 16.6. The summed E-state index contributed by atoms with van der Waals surface area (Å²) in [6.45, 7) is 6.70. The highest BCUT2D eigenvalue weighted by Gasteiger charge is 2.39. The second-order valence-corrected chi connectivity index (χ2v) is 7.39. The number of anilines is 1. The molecule has 9 nitrogen and oxygen atoms in total. The second-order valence-electron chi connectivity index (χ2n) is 7.39. The van der Waals surface area contributed by atoms with E-state index in [-0.39, 0.29) is 43.0 Å². The van der Waals surface area contributed by atoms with Crippen LogP contribution in [0.2, 0.25) is 0 Å². The number of nitrogens with one attached hydrogen (secondary N) is 2. The molecule has 2 unspecified atom stereocenters. The molecule has 2 aliphatic rings. The lowest BCUT2D eigenvalue weighted by molar-refractivity contribution is -0.144. The number of nitrogens with zero attached hydrogens (tertiary/aromatic N) is 3. The highest BCUT2D eigenvalue weighted by Crippen LogP contribution is 2.24. The topological polar surface area (TPSA) is 97.7 Å². The van der Waals surface area contributed by atoms with Crippen molar-refractivity contribution in [3.63, 3.8) is 0 Å². The van der Waals surface area contributed by atoms with Crippen molar-refractivity contribution in [1.29, 1.82) is 0 Å². The molecule has 158 valence electrons. The predicted octanol–water partition coefficient (Wildman–Crippen LogP) is 0.648. The molecule has 10 heteroatoms. The lowest BCUT2D eigenvalue weighted by Gasteiger charge is -2.35. The van der Waals surface area contributed by atoms with E-state index < -0.39 is 5.60 Å². The maximum absolute atomic E-state index is 12.7. The minimum Gasteiger partial charge on any atom is -0.372 e. The Bertz CT molecular complexity index is 667. The molecule has 1 aromatic heterocycles. The third kappa shape index (κ3) is 5.22. The molecule has 2 atom stereocenters. The molecule has 0 saturated carbocycles. The minimum atomic E-state index is -0.816. The second kappa shape index (κ2) is 9.69. The van der Waals surface area contributed by atoms with Crippen LogP contribution in [0.15, 0.2) is 12.4 Å². The number of amides is 2. The van der Waals surface area contributed by atoms with Crippen LogP contribution in [-0.4, -0.2) is 77.6 Å². The number of halogens is 1. The average Bonchev–Trinajstić information content (AvgIpc) is 3.08. The van der Waals surface area contributed by atoms with Gasteiger partial charge in [-0.25, -0.2) is 0 Å². The Labute approximate surface area is 171 Å². The average molecular weight is 416 g/mol. The van der Waals surface area contributed by atoms with Crippen LogP contribution in [0.1, 0.15) is 26.7 Å². The number of aromatic nitrogens is 2. The van der Waals surface area contributed by atoms with Crippen molar-refractivity contribution in [3.05, 3.63) is 12.4 Å². The lowest BCUT2D eigenvalue weighted by atomic mass is 9.91. The number of methoxy groups -OCH3 is 1. The fourth-order valence-electron chi connectivity index (χ4n) is 3.73. The number of piperidine rings is 1. The summed E-state index contributed by atoms with van der Waals surface area (Å²) in [5, 5.41) is 10.3. The van der Waals surface area contributed by atoms with E-state index in [1.165, 1.54) is 0 Å². The lowest BCUT2D eigenvalue weighted by Crippen LogP contribution is -2.51. The SMILES string of the molecule is COC1(C(=O)Nc2cnn(CC(=O)N3CC(C)OC(C)C3)c2)CCNCC1.Cl. The summed E-state index contributed by atoms with van der Waals surface area (Å²) in [6.07, 6.45) is 4.53. The Morgan fingerprint density at radius 2 is 1.96 bits per heavy atom. The monoisotopic (exact) mass is 415 g/mol. The summed E-state index contributed by atoms with van der Waals surface area (Å²) < 4.78 is 12.7. The molecule has 3 rings (SSSR count). The minimum absolute atomic E-state index is 0. The van der Waals surface area contributed by atoms with Crippen LogP contribution in [0, 0.1) is 0 Å². The van der Waals surface area contributed by atoms with Crippen LogP contribution in [0.3, 0.4) is 0 Å². The number of ether oxygens (including phenoxy) is 2. The molecular formula is C18H30ClN5O4. The third-order valence-electron chi connectivity index (χ3n) is 5.18. The summed E-state index contributed by atoms with van der Waals surface area (Å²) in [5.41, 5.74) is -0.255. The number of hydrogen-bond acceptors (Lipinski definition) is 6. The summed E-state index contributed by atoms with van der Waals surface area (Å²) in [4.78, 5) is 27.0. The number of carbonyl (C=O) groups is 2. The fourth-order valence-corrected chi connectivity index (χ4v) is 3.73. The van der Waals surface area contributed by atoms with Gasteiger partial charge in [0.25, 0.3) is 5.91 Å². The Kier molecular flexibility index (Phi) is 7.82. The van der Waals surface area contributed by atoms with E-state index >= 15 is 0 Å². The maximum atomic E-state index is 12.7. The van der Waals surface area contributed by atoms with Crippen molar-refractivity contribution < 1.29 is 19.1 Å². The van der Waals surface area contributed by atoms with Crippen molar-refractivity contribution in [2.24, 2.45) is 0 Å². The normalized spacial score (nSPS) is 24.3. The molecule has 2 fully saturated rings. The fraction of sp³-hybridized carbons (Fsp3) is 0.722. The summed E-state index contributed by atoms with van der Waals surface area (Å²) in [6, 6.07) is 0. The molecule has 2 N–H and O–H groups in total. The maximum Gasteiger partial charge on any atom is 0.256 e. The summed E-state index contributed by atoms with van der Waals surface area (Å²) >= 11 is 0. The summed E-state index contributed by atoms with van der Waals surface area (Å²) in [7, 11) is 1.57. The van der Waals surface area contributed by atoms with Crippen LogP contribution in [0.25, 0.3) is 0 Å². The van der Waals surface area contributed by atoms with Crippen molar-refractivity contribution in [2.75, 3.05) is 38.6 Å². The van der Waals surface area contributed by atoms with Gasteiger partial charge in [-0.1, -0.05) is 0 Å². The molecule has 0 bridgehead atoms. The van der Waals surface area contributed by atoms with Crippen LogP contribution in [0.5, 0.6) is 0 Å². The van der Waals surface area contributed by atoms with Gasteiger partial charge in [0.05, 0.1) is 24.1 Å². The molecule has 0 aromatic carbocycles. The highest BCUT2D eigenvalue weighted by molar-refractivity contribution is 5.97. The Morgan fingerprint density at radius 1 is 1.32 bits per heavy atom. The zero-order chi connectivity index (χ0) is 19.4. The molecule has 2 amide bonds. The first-order chi connectivity index (χ1) is 12.9. The first kappa shape index (κ1) is 22.6. The van der Waals surface area contributed by atoms with Crippen molar-refractivity contribution in [2.45, 2.75) is 51.0 Å². The molecule has 0 spiro atoms. The molecule has 2 saturated heterocycles. The van der Waals surface area contributed by atoms with Crippen molar-refractivity contribution >= 4 is 29.9 Å². The van der Waals surface area contributed by atoms with Gasteiger partial charge in [-0.15, -0.1) is 12.4 Å². The first-order valence-corrected chi connectivity index (χ1v) is 9.45. The van der Waals surface area contributed by atoms with Crippen molar-refractivity contribution in [3.8, 4) is 0 Å². The Hall–Kier alpha value is -1.68. The largest absolute Gasteiger partial charge is 0.372 e. The van der Waals surface area contributed by atoms with E-state index in [1.54, 1.807) is 29.1 Å². The van der Waals surface area contributed by atoms with Gasteiger partial charge < -0.3 is 25.0 Å². The van der Waals surface area contributed by atoms with E-state index in [0.717, 1.165) is 13.1 Å². The molecule has 0 aliphatic carbocycles. The molecule has 0 radical (unpaired) electrons. The molecule has 2 aliphatic heterocycles. The van der Waals surface area contributed by atoms with Crippen LogP contribution in [0.4, 0.5) is 5.69 Å². The number of carbonyl (C=O) groups excluding carboxylic acids is 2. The first-order valence-electron chi connectivity index (χ1n) is 9.45. The molecule has 1 aromatic rings. The molecular weight excluding hydrogens is 386 g/mol. The van der Waals surface area contributed by atoms with Gasteiger partial charge in [0.1, 0.15) is 12.1 Å². The zero-order valence-corrected chi connectivity index (χ0v) is 17.5. The van der Waals surface area contributed by atoms with Crippen molar-refractivity contribution in [1.82, 2.24) is 20.0 Å². The van der Waals surface area contributed by atoms with Gasteiger partial charge in [0.2, 0.25) is 5.91 Å². The Balaban J connectivity index is 0.00000280. The highest BCUT2D eigenvalue weighted by atomic mass is 35.5. The number of rotatable bonds is 5. The van der Waals surface area contributed by atoms with E-state index in [9.17, 15) is 9.59 Å². The van der Waals surface area contributed by atoms with E-state index in [1.807, 2.05) is 13.8 Å². The van der Waals surface area contributed by atoms with Gasteiger partial charge in [0, 0.05) is 26.4 Å². The van der Waals surface area contributed by atoms with Gasteiger partial charge >= 0.3 is 0 Å². The van der Waals surface area contributed by atoms with E-state index in [0.29, 0.717) is 31.6 Å². The molecule has 3 heterocycles.